The van der Waals surface area contributed by atoms with E-state index in [0.717, 1.165) is 4.88 Å². The second kappa shape index (κ2) is 4.87. The summed E-state index contributed by atoms with van der Waals surface area (Å²) in [4.78, 5) is 25.7. The lowest BCUT2D eigenvalue weighted by Crippen LogP contribution is -2.35. The van der Waals surface area contributed by atoms with Crippen molar-refractivity contribution < 1.29 is 14.7 Å². The Bertz CT molecular complexity index is 415. The Morgan fingerprint density at radius 1 is 1.59 bits per heavy atom. The van der Waals surface area contributed by atoms with Gasteiger partial charge in [-0.1, -0.05) is 6.07 Å². The summed E-state index contributed by atoms with van der Waals surface area (Å²) in [5.74, 6) is -1.28. The van der Waals surface area contributed by atoms with Gasteiger partial charge in [0, 0.05) is 18.3 Å². The van der Waals surface area contributed by atoms with Crippen LogP contribution in [-0.2, 0) is 9.59 Å². The fourth-order valence-corrected chi connectivity index (χ4v) is 3.27. The van der Waals surface area contributed by atoms with Crippen molar-refractivity contribution in [2.45, 2.75) is 25.3 Å². The Hall–Kier alpha value is -1.36. The summed E-state index contributed by atoms with van der Waals surface area (Å²) in [6.45, 7) is 0. The van der Waals surface area contributed by atoms with Crippen LogP contribution in [0.5, 0.6) is 0 Å². The molecule has 0 aromatic carbocycles. The number of aliphatic carboxylic acids is 1. The molecule has 0 radical (unpaired) electrons. The zero-order chi connectivity index (χ0) is 12.4. The molecule has 1 aromatic heterocycles. The normalized spacial score (nSPS) is 25.7. The Kier molecular flexibility index (Phi) is 3.47. The van der Waals surface area contributed by atoms with E-state index in [4.69, 9.17) is 0 Å². The van der Waals surface area contributed by atoms with Crippen LogP contribution in [0, 0.1) is 5.92 Å². The van der Waals surface area contributed by atoms with E-state index < -0.39 is 11.9 Å². The molecule has 1 amide bonds. The van der Waals surface area contributed by atoms with Crippen molar-refractivity contribution in [3.8, 4) is 0 Å². The lowest BCUT2D eigenvalue weighted by molar-refractivity contribution is -0.145. The molecule has 0 spiro atoms. The number of rotatable bonds is 2. The zero-order valence-corrected chi connectivity index (χ0v) is 10.4. The number of hydrogen-bond donors (Lipinski definition) is 1. The second-order valence-corrected chi connectivity index (χ2v) is 5.28. The number of amides is 1. The minimum absolute atomic E-state index is 0.0344. The van der Waals surface area contributed by atoms with Crippen molar-refractivity contribution in [2.75, 3.05) is 7.05 Å². The molecule has 2 heterocycles. The molecule has 1 aromatic rings. The van der Waals surface area contributed by atoms with Crippen molar-refractivity contribution in [1.82, 2.24) is 4.90 Å². The molecule has 0 bridgehead atoms. The number of carboxylic acids is 1. The smallest absolute Gasteiger partial charge is 0.308 e. The Balaban J connectivity index is 2.37. The molecule has 1 N–H and O–H groups in total. The summed E-state index contributed by atoms with van der Waals surface area (Å²) in [5.41, 5.74) is 0. The number of hydrogen-bond acceptors (Lipinski definition) is 3. The first kappa shape index (κ1) is 12.1. The average Bonchev–Trinajstić information content (AvgIpc) is 2.75. The lowest BCUT2D eigenvalue weighted by Gasteiger charge is -2.29. The number of nitrogens with zero attached hydrogens (tertiary/aromatic N) is 1. The van der Waals surface area contributed by atoms with Gasteiger partial charge in [0.15, 0.2) is 0 Å². The Labute approximate surface area is 104 Å². The molecule has 4 nitrogen and oxygen atoms in total. The maximum absolute atomic E-state index is 11.8. The molecule has 1 saturated heterocycles. The van der Waals surface area contributed by atoms with Crippen LogP contribution in [0.1, 0.15) is 30.2 Å². The van der Waals surface area contributed by atoms with Crippen molar-refractivity contribution in [3.63, 3.8) is 0 Å². The molecule has 0 aliphatic carbocycles. The molecule has 2 unspecified atom stereocenters. The highest BCUT2D eigenvalue weighted by atomic mass is 32.1. The van der Waals surface area contributed by atoms with Gasteiger partial charge in [0.1, 0.15) is 0 Å². The maximum atomic E-state index is 11.8. The SMILES string of the molecule is CN1C(=O)CCCC(C(=O)O)C1c1cccs1. The van der Waals surface area contributed by atoms with E-state index in [9.17, 15) is 14.7 Å². The summed E-state index contributed by atoms with van der Waals surface area (Å²) in [7, 11) is 1.70. The first-order valence-electron chi connectivity index (χ1n) is 5.63. The van der Waals surface area contributed by atoms with E-state index in [1.54, 1.807) is 11.9 Å². The van der Waals surface area contributed by atoms with Crippen LogP contribution < -0.4 is 0 Å². The van der Waals surface area contributed by atoms with E-state index in [1.165, 1.54) is 11.3 Å². The van der Waals surface area contributed by atoms with Gasteiger partial charge >= 0.3 is 5.97 Å². The molecule has 1 fully saturated rings. The quantitative estimate of drug-likeness (QED) is 0.878. The monoisotopic (exact) mass is 253 g/mol. The molecule has 2 atom stereocenters. The number of carboxylic acid groups (broad SMARTS) is 1. The van der Waals surface area contributed by atoms with Gasteiger partial charge in [0.25, 0.3) is 0 Å². The van der Waals surface area contributed by atoms with Crippen molar-refractivity contribution in [1.29, 1.82) is 0 Å². The molecule has 2 rings (SSSR count). The predicted molar refractivity (Wildman–Crippen MR) is 64.8 cm³/mol. The number of carbonyl (C=O) groups is 2. The van der Waals surface area contributed by atoms with E-state index in [2.05, 4.69) is 0 Å². The minimum atomic E-state index is -0.815. The summed E-state index contributed by atoms with van der Waals surface area (Å²) >= 11 is 1.51. The molecule has 17 heavy (non-hydrogen) atoms. The van der Waals surface area contributed by atoms with E-state index >= 15 is 0 Å². The largest absolute Gasteiger partial charge is 0.481 e. The highest BCUT2D eigenvalue weighted by Gasteiger charge is 2.37. The fraction of sp³-hybridized carbons (Fsp3) is 0.500. The van der Waals surface area contributed by atoms with Gasteiger partial charge < -0.3 is 10.0 Å². The van der Waals surface area contributed by atoms with Crippen LogP contribution in [0.25, 0.3) is 0 Å². The third-order valence-corrected chi connectivity index (χ3v) is 4.19. The van der Waals surface area contributed by atoms with E-state index in [-0.39, 0.29) is 11.9 Å². The number of carbonyl (C=O) groups excluding carboxylic acids is 1. The van der Waals surface area contributed by atoms with Crippen LogP contribution in [0.15, 0.2) is 17.5 Å². The molecule has 5 heteroatoms. The average molecular weight is 253 g/mol. The number of likely N-dealkylation sites (tertiary alicyclic amines) is 1. The summed E-state index contributed by atoms with van der Waals surface area (Å²) in [6.07, 6.45) is 1.66. The maximum Gasteiger partial charge on any atom is 0.308 e. The predicted octanol–water partition coefficient (Wildman–Crippen LogP) is 2.13. The van der Waals surface area contributed by atoms with Crippen molar-refractivity contribution in [3.05, 3.63) is 22.4 Å². The molecule has 0 saturated carbocycles. The van der Waals surface area contributed by atoms with Crippen LogP contribution in [-0.4, -0.2) is 28.9 Å². The van der Waals surface area contributed by atoms with Gasteiger partial charge in [-0.25, -0.2) is 0 Å². The highest BCUT2D eigenvalue weighted by Crippen LogP contribution is 2.36. The third kappa shape index (κ3) is 2.34. The van der Waals surface area contributed by atoms with Gasteiger partial charge in [-0.15, -0.1) is 11.3 Å². The second-order valence-electron chi connectivity index (χ2n) is 4.30. The van der Waals surface area contributed by atoms with Crippen LogP contribution in [0.2, 0.25) is 0 Å². The van der Waals surface area contributed by atoms with Gasteiger partial charge in [0.2, 0.25) is 5.91 Å². The van der Waals surface area contributed by atoms with Gasteiger partial charge in [-0.2, -0.15) is 0 Å². The topological polar surface area (TPSA) is 57.6 Å². The van der Waals surface area contributed by atoms with Gasteiger partial charge in [-0.05, 0) is 24.3 Å². The lowest BCUT2D eigenvalue weighted by atomic mass is 9.94. The van der Waals surface area contributed by atoms with Gasteiger partial charge in [-0.3, -0.25) is 9.59 Å². The summed E-state index contributed by atoms with van der Waals surface area (Å²) in [5, 5.41) is 11.2. The minimum Gasteiger partial charge on any atom is -0.481 e. The van der Waals surface area contributed by atoms with Crippen molar-refractivity contribution in [2.24, 2.45) is 5.92 Å². The van der Waals surface area contributed by atoms with Crippen LogP contribution >= 0.6 is 11.3 Å². The van der Waals surface area contributed by atoms with Crippen LogP contribution in [0.4, 0.5) is 0 Å². The standard InChI is InChI=1S/C12H15NO3S/c1-13-10(14)6-2-4-8(12(15)16)11(13)9-5-3-7-17-9/h3,5,7-8,11H,2,4,6H2,1H3,(H,15,16). The summed E-state index contributed by atoms with van der Waals surface area (Å²) in [6, 6.07) is 3.48. The molecular formula is C12H15NO3S. The van der Waals surface area contributed by atoms with Crippen molar-refractivity contribution >= 4 is 23.2 Å². The molecule has 1 aliphatic rings. The van der Waals surface area contributed by atoms with Gasteiger partial charge in [0.05, 0.1) is 12.0 Å². The van der Waals surface area contributed by atoms with E-state index in [1.807, 2.05) is 17.5 Å². The molecular weight excluding hydrogens is 238 g/mol. The summed E-state index contributed by atoms with van der Waals surface area (Å²) < 4.78 is 0. The molecule has 92 valence electrons. The molecule has 1 aliphatic heterocycles. The fourth-order valence-electron chi connectivity index (χ4n) is 2.34. The Morgan fingerprint density at radius 2 is 2.35 bits per heavy atom. The Morgan fingerprint density at radius 3 is 2.94 bits per heavy atom. The number of thiophene rings is 1. The zero-order valence-electron chi connectivity index (χ0n) is 9.63. The third-order valence-electron chi connectivity index (χ3n) is 3.25. The van der Waals surface area contributed by atoms with Crippen LogP contribution in [0.3, 0.4) is 0 Å². The highest BCUT2D eigenvalue weighted by molar-refractivity contribution is 7.10. The first-order chi connectivity index (χ1) is 8.11. The van der Waals surface area contributed by atoms with E-state index in [0.29, 0.717) is 19.3 Å². The first-order valence-corrected chi connectivity index (χ1v) is 6.51.